The number of benzene rings is 1. The highest BCUT2D eigenvalue weighted by molar-refractivity contribution is 14.1. The Kier molecular flexibility index (Phi) is 6.36. The van der Waals surface area contributed by atoms with E-state index in [1.165, 1.54) is 18.1 Å². The summed E-state index contributed by atoms with van der Waals surface area (Å²) in [6, 6.07) is 3.20. The highest BCUT2D eigenvalue weighted by atomic mass is 127. The van der Waals surface area contributed by atoms with Crippen LogP contribution in [0, 0.1) is 20.7 Å². The van der Waals surface area contributed by atoms with Gasteiger partial charge in [-0.05, 0) is 44.6 Å². The third-order valence-corrected chi connectivity index (χ3v) is 4.91. The summed E-state index contributed by atoms with van der Waals surface area (Å²) in [6.07, 6.45) is 0. The van der Waals surface area contributed by atoms with Crippen molar-refractivity contribution in [2.24, 2.45) is 0 Å². The zero-order chi connectivity index (χ0) is 18.7. The maximum atomic E-state index is 14.2. The summed E-state index contributed by atoms with van der Waals surface area (Å²) >= 11 is 4.91. The molecule has 1 aromatic rings. The van der Waals surface area contributed by atoms with Crippen molar-refractivity contribution < 1.29 is 23.8 Å². The first kappa shape index (κ1) is 19.6. The minimum atomic E-state index is -0.775. The maximum Gasteiger partial charge on any atom is 0.337 e. The summed E-state index contributed by atoms with van der Waals surface area (Å²) in [5.74, 6) is -2.04. The molecule has 0 spiro atoms. The lowest BCUT2D eigenvalue weighted by atomic mass is 10.1. The molecule has 1 aliphatic rings. The summed E-state index contributed by atoms with van der Waals surface area (Å²) in [6.45, 7) is -0.297. The second kappa shape index (κ2) is 8.11. The van der Waals surface area contributed by atoms with E-state index in [0.717, 1.165) is 0 Å². The third kappa shape index (κ3) is 3.78. The molecule has 1 aromatic carbocycles. The molecule has 0 aliphatic carbocycles. The molecule has 0 saturated heterocycles. The van der Waals surface area contributed by atoms with E-state index < -0.39 is 17.7 Å². The van der Waals surface area contributed by atoms with Crippen molar-refractivity contribution in [3.8, 4) is 6.07 Å². The van der Waals surface area contributed by atoms with Gasteiger partial charge in [-0.2, -0.15) is 5.26 Å². The van der Waals surface area contributed by atoms with E-state index >= 15 is 0 Å². The van der Waals surface area contributed by atoms with Gasteiger partial charge < -0.3 is 20.1 Å². The molecule has 7 nitrogen and oxygen atoms in total. The normalized spacial score (nSPS) is 13.9. The molecular formula is C15H12BrFIN3O4. The number of hydrogen-bond donors (Lipinski definition) is 2. The van der Waals surface area contributed by atoms with Crippen LogP contribution in [0.15, 0.2) is 21.8 Å². The Balaban J connectivity index is 2.53. The summed E-state index contributed by atoms with van der Waals surface area (Å²) in [4.78, 5) is 25.7. The molecule has 25 heavy (non-hydrogen) atoms. The SMILES string of the molecule is COC(=O)C1=C(Nc2c(I)cc(Br)c(F)c2C#N)C(=O)N(CCO)C1. The van der Waals surface area contributed by atoms with Crippen LogP contribution in [0.2, 0.25) is 0 Å². The van der Waals surface area contributed by atoms with Crippen LogP contribution >= 0.6 is 38.5 Å². The van der Waals surface area contributed by atoms with Crippen molar-refractivity contribution in [2.45, 2.75) is 0 Å². The lowest BCUT2D eigenvalue weighted by Gasteiger charge is -2.16. The van der Waals surface area contributed by atoms with Crippen LogP contribution in [0.5, 0.6) is 0 Å². The Morgan fingerprint density at radius 1 is 1.64 bits per heavy atom. The molecular weight excluding hydrogens is 512 g/mol. The summed E-state index contributed by atoms with van der Waals surface area (Å²) in [7, 11) is 1.18. The van der Waals surface area contributed by atoms with E-state index in [9.17, 15) is 19.2 Å². The number of β-amino-alcohol motifs (C(OH)–C–C–N with tert-alkyl or cyclic N) is 1. The number of amides is 1. The first-order valence-corrected chi connectivity index (χ1v) is 8.79. The van der Waals surface area contributed by atoms with E-state index in [1.807, 2.05) is 22.6 Å². The molecule has 1 aliphatic heterocycles. The number of aliphatic hydroxyl groups is 1. The highest BCUT2D eigenvalue weighted by Crippen LogP contribution is 2.33. The van der Waals surface area contributed by atoms with Crippen molar-refractivity contribution >= 4 is 56.1 Å². The topological polar surface area (TPSA) is 103 Å². The lowest BCUT2D eigenvalue weighted by Crippen LogP contribution is -2.31. The van der Waals surface area contributed by atoms with Gasteiger partial charge in [-0.1, -0.05) is 0 Å². The van der Waals surface area contributed by atoms with Crippen molar-refractivity contribution in [3.05, 3.63) is 36.8 Å². The molecule has 10 heteroatoms. The molecule has 0 fully saturated rings. The molecule has 132 valence electrons. The predicted octanol–water partition coefficient (Wildman–Crippen LogP) is 1.74. The number of halogens is 3. The molecule has 0 saturated carbocycles. The maximum absolute atomic E-state index is 14.2. The smallest absolute Gasteiger partial charge is 0.337 e. The molecule has 2 rings (SSSR count). The number of ether oxygens (including phenoxy) is 1. The van der Waals surface area contributed by atoms with Gasteiger partial charge in [0.2, 0.25) is 0 Å². The summed E-state index contributed by atoms with van der Waals surface area (Å²) in [5, 5.41) is 21.0. The number of nitriles is 1. The number of anilines is 1. The first-order valence-electron chi connectivity index (χ1n) is 6.91. The van der Waals surface area contributed by atoms with E-state index in [2.05, 4.69) is 26.0 Å². The fourth-order valence-electron chi connectivity index (χ4n) is 2.30. The lowest BCUT2D eigenvalue weighted by molar-refractivity contribution is -0.136. The van der Waals surface area contributed by atoms with Crippen molar-refractivity contribution in [1.82, 2.24) is 4.90 Å². The fourth-order valence-corrected chi connectivity index (χ4v) is 3.87. The first-order chi connectivity index (χ1) is 11.8. The highest BCUT2D eigenvalue weighted by Gasteiger charge is 2.35. The van der Waals surface area contributed by atoms with E-state index in [-0.39, 0.29) is 46.7 Å². The number of nitrogens with zero attached hydrogens (tertiary/aromatic N) is 2. The number of carbonyl (C=O) groups excluding carboxylic acids is 2. The third-order valence-electron chi connectivity index (χ3n) is 3.49. The number of methoxy groups -OCH3 is 1. The number of nitrogens with one attached hydrogen (secondary N) is 1. The molecule has 1 amide bonds. The molecule has 0 atom stereocenters. The van der Waals surface area contributed by atoms with Gasteiger partial charge in [0.25, 0.3) is 5.91 Å². The quantitative estimate of drug-likeness (QED) is 0.346. The predicted molar refractivity (Wildman–Crippen MR) is 97.9 cm³/mol. The summed E-state index contributed by atoms with van der Waals surface area (Å²) < 4.78 is 19.5. The average Bonchev–Trinajstić information content (AvgIpc) is 2.89. The standard InChI is InChI=1S/C15H12BrFIN3O4/c1-25-15(24)8-6-21(2-3-22)14(23)13(8)20-12-7(5-19)11(17)9(16)4-10(12)18/h4,20,22H,2-3,6H2,1H3. The number of aliphatic hydroxyl groups excluding tert-OH is 1. The van der Waals surface area contributed by atoms with Gasteiger partial charge in [0.05, 0.1) is 36.0 Å². The van der Waals surface area contributed by atoms with E-state index in [4.69, 9.17) is 5.11 Å². The molecule has 0 unspecified atom stereocenters. The number of carbonyl (C=O) groups is 2. The van der Waals surface area contributed by atoms with Gasteiger partial charge in [0.1, 0.15) is 17.3 Å². The van der Waals surface area contributed by atoms with Crippen LogP contribution < -0.4 is 5.32 Å². The van der Waals surface area contributed by atoms with Gasteiger partial charge in [-0.15, -0.1) is 0 Å². The van der Waals surface area contributed by atoms with E-state index in [1.54, 1.807) is 6.07 Å². The van der Waals surface area contributed by atoms with Crippen molar-refractivity contribution in [2.75, 3.05) is 32.1 Å². The molecule has 2 N–H and O–H groups in total. The van der Waals surface area contributed by atoms with Crippen LogP contribution in [0.25, 0.3) is 0 Å². The Bertz CT molecular complexity index is 822. The zero-order valence-corrected chi connectivity index (χ0v) is 16.6. The number of rotatable bonds is 5. The van der Waals surface area contributed by atoms with Gasteiger partial charge in [-0.3, -0.25) is 4.79 Å². The van der Waals surface area contributed by atoms with Crippen LogP contribution in [-0.2, 0) is 14.3 Å². The van der Waals surface area contributed by atoms with E-state index in [0.29, 0.717) is 3.57 Å². The van der Waals surface area contributed by atoms with Gasteiger partial charge >= 0.3 is 5.97 Å². The minimum Gasteiger partial charge on any atom is -0.466 e. The van der Waals surface area contributed by atoms with Gasteiger partial charge in [-0.25, -0.2) is 9.18 Å². The van der Waals surface area contributed by atoms with Gasteiger partial charge in [0, 0.05) is 10.1 Å². The second-order valence-electron chi connectivity index (χ2n) is 4.94. The molecule has 0 aromatic heterocycles. The Morgan fingerprint density at radius 2 is 2.32 bits per heavy atom. The van der Waals surface area contributed by atoms with Crippen LogP contribution in [0.1, 0.15) is 5.56 Å². The number of hydrogen-bond acceptors (Lipinski definition) is 6. The largest absolute Gasteiger partial charge is 0.466 e. The van der Waals surface area contributed by atoms with Crippen LogP contribution in [0.4, 0.5) is 10.1 Å². The molecule has 0 radical (unpaired) electrons. The number of esters is 1. The molecule has 1 heterocycles. The summed E-state index contributed by atoms with van der Waals surface area (Å²) in [5.41, 5.74) is -0.260. The fraction of sp³-hybridized carbons (Fsp3) is 0.267. The average molecular weight is 524 g/mol. The van der Waals surface area contributed by atoms with Gasteiger partial charge in [0.15, 0.2) is 5.82 Å². The molecule has 0 bridgehead atoms. The Morgan fingerprint density at radius 3 is 2.88 bits per heavy atom. The van der Waals surface area contributed by atoms with Crippen molar-refractivity contribution in [3.63, 3.8) is 0 Å². The monoisotopic (exact) mass is 523 g/mol. The van der Waals surface area contributed by atoms with Crippen LogP contribution in [0.3, 0.4) is 0 Å². The van der Waals surface area contributed by atoms with Crippen molar-refractivity contribution in [1.29, 1.82) is 5.26 Å². The Labute approximate surface area is 164 Å². The Hall–Kier alpha value is -1.71. The zero-order valence-electron chi connectivity index (χ0n) is 12.9. The minimum absolute atomic E-state index is 0.0292. The second-order valence-corrected chi connectivity index (χ2v) is 6.95. The van der Waals surface area contributed by atoms with Crippen LogP contribution in [-0.4, -0.2) is 48.7 Å².